The third-order valence-corrected chi connectivity index (χ3v) is 3.03. The first-order chi connectivity index (χ1) is 7.89. The van der Waals surface area contributed by atoms with E-state index in [1.165, 1.54) is 0 Å². The lowest BCUT2D eigenvalue weighted by Gasteiger charge is -2.03. The Labute approximate surface area is 95.3 Å². The van der Waals surface area contributed by atoms with Gasteiger partial charge in [0.05, 0.1) is 11.9 Å². The zero-order valence-electron chi connectivity index (χ0n) is 8.31. The molecule has 0 amide bonds. The molecule has 2 rings (SSSR count). The number of halogens is 2. The second-order valence-electron chi connectivity index (χ2n) is 3.28. The number of nitrogens with zero attached hydrogens (tertiary/aromatic N) is 1. The van der Waals surface area contributed by atoms with Crippen LogP contribution in [0.25, 0.3) is 11.3 Å². The van der Waals surface area contributed by atoms with E-state index < -0.39 is 21.7 Å². The molecule has 5 nitrogen and oxygen atoms in total. The van der Waals surface area contributed by atoms with E-state index in [1.807, 2.05) is 0 Å². The smallest absolute Gasteiger partial charge is 0.241 e. The second-order valence-corrected chi connectivity index (χ2v) is 4.81. The van der Waals surface area contributed by atoms with E-state index in [4.69, 9.17) is 5.14 Å². The lowest BCUT2D eigenvalue weighted by molar-refractivity contribution is 0.596. The van der Waals surface area contributed by atoms with E-state index in [9.17, 15) is 17.2 Å². The highest BCUT2D eigenvalue weighted by atomic mass is 32.2. The molecule has 0 atom stereocenters. The van der Waals surface area contributed by atoms with Gasteiger partial charge in [0.25, 0.3) is 0 Å². The van der Waals surface area contributed by atoms with Crippen molar-refractivity contribution in [2.75, 3.05) is 0 Å². The van der Waals surface area contributed by atoms with Gasteiger partial charge >= 0.3 is 0 Å². The molecule has 8 heteroatoms. The zero-order valence-corrected chi connectivity index (χ0v) is 9.13. The van der Waals surface area contributed by atoms with Crippen molar-refractivity contribution in [2.45, 2.75) is 4.90 Å². The fourth-order valence-corrected chi connectivity index (χ4v) is 2.01. The van der Waals surface area contributed by atoms with Gasteiger partial charge in [-0.1, -0.05) is 0 Å². The molecule has 0 aliphatic rings. The Hall–Kier alpha value is -1.80. The SMILES string of the molecule is NS(=O)(=O)c1cn[nH]c1-c1cc(F)ccc1F. The second kappa shape index (κ2) is 3.90. The summed E-state index contributed by atoms with van der Waals surface area (Å²) in [7, 11) is -4.05. The predicted octanol–water partition coefficient (Wildman–Crippen LogP) is 1.00. The first-order valence-corrected chi connectivity index (χ1v) is 5.96. The van der Waals surface area contributed by atoms with Crippen LogP contribution in [-0.4, -0.2) is 18.6 Å². The summed E-state index contributed by atoms with van der Waals surface area (Å²) in [6.07, 6.45) is 0.939. The number of rotatable bonds is 2. The van der Waals surface area contributed by atoms with Crippen molar-refractivity contribution in [1.82, 2.24) is 10.2 Å². The van der Waals surface area contributed by atoms with Gasteiger partial charge in [0.2, 0.25) is 10.0 Å². The van der Waals surface area contributed by atoms with Crippen LogP contribution in [0, 0.1) is 11.6 Å². The highest BCUT2D eigenvalue weighted by molar-refractivity contribution is 7.89. The molecule has 17 heavy (non-hydrogen) atoms. The minimum atomic E-state index is -4.05. The minimum Gasteiger partial charge on any atom is -0.276 e. The summed E-state index contributed by atoms with van der Waals surface area (Å²) in [5.41, 5.74) is -0.420. The van der Waals surface area contributed by atoms with Crippen LogP contribution in [-0.2, 0) is 10.0 Å². The minimum absolute atomic E-state index is 0.176. The molecule has 1 aromatic heterocycles. The number of aromatic amines is 1. The van der Waals surface area contributed by atoms with Crippen LogP contribution in [0.3, 0.4) is 0 Å². The average Bonchev–Trinajstić information content (AvgIpc) is 2.69. The van der Waals surface area contributed by atoms with Gasteiger partial charge in [-0.3, -0.25) is 5.10 Å². The van der Waals surface area contributed by atoms with Crippen molar-refractivity contribution < 1.29 is 17.2 Å². The van der Waals surface area contributed by atoms with E-state index in [1.54, 1.807) is 0 Å². The maximum Gasteiger partial charge on any atom is 0.241 e. The van der Waals surface area contributed by atoms with Crippen LogP contribution < -0.4 is 5.14 Å². The number of hydrogen-bond acceptors (Lipinski definition) is 3. The maximum atomic E-state index is 13.5. The van der Waals surface area contributed by atoms with Gasteiger partial charge in [-0.15, -0.1) is 0 Å². The van der Waals surface area contributed by atoms with Gasteiger partial charge in [0.15, 0.2) is 0 Å². The van der Waals surface area contributed by atoms with E-state index in [-0.39, 0.29) is 16.2 Å². The largest absolute Gasteiger partial charge is 0.276 e. The van der Waals surface area contributed by atoms with Gasteiger partial charge < -0.3 is 0 Å². The normalized spacial score (nSPS) is 11.7. The summed E-state index contributed by atoms with van der Waals surface area (Å²) in [5.74, 6) is -1.48. The fraction of sp³-hybridized carbons (Fsp3) is 0. The molecule has 3 N–H and O–H groups in total. The van der Waals surface area contributed by atoms with E-state index in [0.717, 1.165) is 24.4 Å². The molecule has 0 saturated carbocycles. The van der Waals surface area contributed by atoms with Gasteiger partial charge in [0, 0.05) is 5.56 Å². The number of aromatic nitrogens is 2. The van der Waals surface area contributed by atoms with Crippen LogP contribution in [0.2, 0.25) is 0 Å². The highest BCUT2D eigenvalue weighted by Crippen LogP contribution is 2.26. The van der Waals surface area contributed by atoms with Crippen molar-refractivity contribution >= 4 is 10.0 Å². The van der Waals surface area contributed by atoms with Gasteiger partial charge in [0.1, 0.15) is 16.5 Å². The van der Waals surface area contributed by atoms with Crippen molar-refractivity contribution in [3.8, 4) is 11.3 Å². The summed E-state index contributed by atoms with van der Waals surface area (Å²) in [6.45, 7) is 0. The first kappa shape index (κ1) is 11.7. The van der Waals surface area contributed by atoms with Crippen LogP contribution in [0.4, 0.5) is 8.78 Å². The molecule has 0 unspecified atom stereocenters. The Morgan fingerprint density at radius 1 is 1.29 bits per heavy atom. The number of sulfonamides is 1. The predicted molar refractivity (Wildman–Crippen MR) is 55.3 cm³/mol. The molecule has 0 fully saturated rings. The number of primary sulfonamides is 1. The maximum absolute atomic E-state index is 13.5. The topological polar surface area (TPSA) is 88.8 Å². The number of nitrogens with two attached hydrogens (primary N) is 1. The molecular weight excluding hydrogens is 252 g/mol. The summed E-state index contributed by atoms with van der Waals surface area (Å²) >= 11 is 0. The van der Waals surface area contributed by atoms with Crippen LogP contribution in [0.15, 0.2) is 29.3 Å². The van der Waals surface area contributed by atoms with Crippen molar-refractivity contribution in [2.24, 2.45) is 5.14 Å². The molecule has 0 bridgehead atoms. The lowest BCUT2D eigenvalue weighted by Crippen LogP contribution is -2.12. The molecule has 0 spiro atoms. The Bertz CT molecular complexity index is 667. The third kappa shape index (κ3) is 2.17. The fourth-order valence-electron chi connectivity index (χ4n) is 1.37. The Morgan fingerprint density at radius 2 is 2.00 bits per heavy atom. The molecule has 2 aromatic rings. The Morgan fingerprint density at radius 3 is 2.65 bits per heavy atom. The molecule has 0 saturated heterocycles. The van der Waals surface area contributed by atoms with Crippen LogP contribution in [0.1, 0.15) is 0 Å². The Kier molecular flexibility index (Phi) is 2.68. The average molecular weight is 259 g/mol. The van der Waals surface area contributed by atoms with Crippen molar-refractivity contribution in [1.29, 1.82) is 0 Å². The summed E-state index contributed by atoms with van der Waals surface area (Å²) < 4.78 is 48.8. The van der Waals surface area contributed by atoms with Crippen molar-refractivity contribution in [3.63, 3.8) is 0 Å². The molecule has 0 aliphatic carbocycles. The highest BCUT2D eigenvalue weighted by Gasteiger charge is 2.20. The lowest BCUT2D eigenvalue weighted by atomic mass is 10.1. The van der Waals surface area contributed by atoms with Crippen molar-refractivity contribution in [3.05, 3.63) is 36.0 Å². The quantitative estimate of drug-likeness (QED) is 0.843. The van der Waals surface area contributed by atoms with E-state index >= 15 is 0 Å². The summed E-state index contributed by atoms with van der Waals surface area (Å²) in [6, 6.07) is 2.67. The van der Waals surface area contributed by atoms with E-state index in [2.05, 4.69) is 10.2 Å². The number of H-pyrrole nitrogens is 1. The first-order valence-electron chi connectivity index (χ1n) is 4.41. The third-order valence-electron chi connectivity index (χ3n) is 2.11. The van der Waals surface area contributed by atoms with Crippen LogP contribution in [0.5, 0.6) is 0 Å². The summed E-state index contributed by atoms with van der Waals surface area (Å²) in [4.78, 5) is -0.387. The van der Waals surface area contributed by atoms with Crippen LogP contribution >= 0.6 is 0 Å². The molecular formula is C9H7F2N3O2S. The molecule has 90 valence electrons. The number of hydrogen-bond donors (Lipinski definition) is 2. The number of nitrogens with one attached hydrogen (secondary N) is 1. The molecule has 0 aliphatic heterocycles. The van der Waals surface area contributed by atoms with Gasteiger partial charge in [-0.05, 0) is 18.2 Å². The molecule has 1 aromatic carbocycles. The van der Waals surface area contributed by atoms with E-state index in [0.29, 0.717) is 0 Å². The standard InChI is InChI=1S/C9H7F2N3O2S/c10-5-1-2-7(11)6(3-5)9-8(4-13-14-9)17(12,15)16/h1-4H,(H,13,14)(H2,12,15,16). The van der Waals surface area contributed by atoms with Gasteiger partial charge in [-0.25, -0.2) is 22.3 Å². The van der Waals surface area contributed by atoms with Gasteiger partial charge in [-0.2, -0.15) is 5.10 Å². The monoisotopic (exact) mass is 259 g/mol. The summed E-state index contributed by atoms with van der Waals surface area (Å²) in [5, 5.41) is 10.7. The zero-order chi connectivity index (χ0) is 12.6. The number of benzene rings is 1. The molecule has 0 radical (unpaired) electrons. The molecule has 1 heterocycles. The Balaban J connectivity index is 2.70.